The van der Waals surface area contributed by atoms with E-state index in [2.05, 4.69) is 5.32 Å². The van der Waals surface area contributed by atoms with Gasteiger partial charge in [0.2, 0.25) is 15.9 Å². The Labute approximate surface area is 147 Å². The Morgan fingerprint density at radius 1 is 1.32 bits per heavy atom. The monoisotopic (exact) mass is 396 g/mol. The maximum Gasteiger partial charge on any atom is 0.306 e. The van der Waals surface area contributed by atoms with E-state index in [9.17, 15) is 26.8 Å². The van der Waals surface area contributed by atoms with Crippen molar-refractivity contribution < 1.29 is 31.9 Å². The van der Waals surface area contributed by atoms with Crippen LogP contribution in [0.4, 0.5) is 14.5 Å². The number of carbonyl (C=O) groups excluding carboxylic acids is 1. The molecule has 1 heterocycles. The summed E-state index contributed by atoms with van der Waals surface area (Å²) in [7, 11) is -4.55. The van der Waals surface area contributed by atoms with Crippen molar-refractivity contribution in [3.63, 3.8) is 0 Å². The number of carboxylic acids is 1. The van der Waals surface area contributed by atoms with Gasteiger partial charge in [-0.2, -0.15) is 4.31 Å². The molecular weight excluding hydrogens is 382 g/mol. The van der Waals surface area contributed by atoms with Crippen LogP contribution in [0.25, 0.3) is 0 Å². The van der Waals surface area contributed by atoms with Gasteiger partial charge in [-0.15, -0.1) is 0 Å². The number of piperidine rings is 1. The summed E-state index contributed by atoms with van der Waals surface area (Å²) in [4.78, 5) is 20.7. The number of rotatable bonds is 4. The van der Waals surface area contributed by atoms with Crippen molar-refractivity contribution in [3.8, 4) is 0 Å². The Balaban J connectivity index is 2.39. The van der Waals surface area contributed by atoms with Gasteiger partial charge in [0.15, 0.2) is 10.7 Å². The van der Waals surface area contributed by atoms with Gasteiger partial charge >= 0.3 is 5.97 Å². The number of hydrogen-bond acceptors (Lipinski definition) is 4. The van der Waals surface area contributed by atoms with E-state index in [1.807, 2.05) is 0 Å². The fraction of sp³-hybridized carbons (Fsp3) is 0.429. The summed E-state index contributed by atoms with van der Waals surface area (Å²) < 4.78 is 54.6. The van der Waals surface area contributed by atoms with E-state index in [0.29, 0.717) is 6.07 Å². The number of aliphatic carboxylic acids is 1. The highest BCUT2D eigenvalue weighted by molar-refractivity contribution is 7.89. The molecule has 1 aromatic rings. The van der Waals surface area contributed by atoms with Crippen molar-refractivity contribution in [2.75, 3.05) is 18.4 Å². The lowest BCUT2D eigenvalue weighted by Gasteiger charge is -2.29. The molecule has 0 atom stereocenters. The number of carbonyl (C=O) groups is 2. The van der Waals surface area contributed by atoms with E-state index < -0.39 is 49.4 Å². The van der Waals surface area contributed by atoms with Crippen LogP contribution in [0.15, 0.2) is 11.0 Å². The van der Waals surface area contributed by atoms with E-state index in [0.717, 1.165) is 11.2 Å². The lowest BCUT2D eigenvalue weighted by Crippen LogP contribution is -2.40. The summed E-state index contributed by atoms with van der Waals surface area (Å²) in [6.07, 6.45) is 0.0744. The van der Waals surface area contributed by atoms with E-state index in [1.54, 1.807) is 0 Å². The van der Waals surface area contributed by atoms with Gasteiger partial charge in [0.25, 0.3) is 0 Å². The quantitative estimate of drug-likeness (QED) is 0.758. The molecule has 7 nitrogen and oxygen atoms in total. The molecule has 25 heavy (non-hydrogen) atoms. The van der Waals surface area contributed by atoms with Crippen LogP contribution in [0.5, 0.6) is 0 Å². The van der Waals surface area contributed by atoms with Crippen LogP contribution >= 0.6 is 11.6 Å². The van der Waals surface area contributed by atoms with Crippen LogP contribution < -0.4 is 5.32 Å². The molecule has 0 spiro atoms. The van der Waals surface area contributed by atoms with E-state index >= 15 is 0 Å². The first-order valence-corrected chi connectivity index (χ1v) is 9.05. The number of halogens is 3. The van der Waals surface area contributed by atoms with Crippen LogP contribution in [0, 0.1) is 17.6 Å². The second-order valence-electron chi connectivity index (χ2n) is 5.56. The molecule has 0 unspecified atom stereocenters. The fourth-order valence-corrected chi connectivity index (χ4v) is 4.40. The average Bonchev–Trinajstić information content (AvgIpc) is 2.51. The number of carboxylic acid groups (broad SMARTS) is 1. The minimum absolute atomic E-state index is 0.0372. The average molecular weight is 397 g/mol. The van der Waals surface area contributed by atoms with Crippen molar-refractivity contribution in [1.29, 1.82) is 0 Å². The predicted octanol–water partition coefficient (Wildman–Crippen LogP) is 2.06. The molecule has 0 aliphatic carbocycles. The number of amides is 1. The third-order valence-corrected chi connectivity index (χ3v) is 6.13. The number of sulfonamides is 1. The molecule has 2 rings (SSSR count). The van der Waals surface area contributed by atoms with Crippen LogP contribution in [0.3, 0.4) is 0 Å². The molecule has 138 valence electrons. The molecule has 1 fully saturated rings. The van der Waals surface area contributed by atoms with Crippen LogP contribution in [0.2, 0.25) is 5.02 Å². The third-order valence-electron chi connectivity index (χ3n) is 3.83. The summed E-state index contributed by atoms with van der Waals surface area (Å²) in [5.41, 5.74) is -0.382. The predicted molar refractivity (Wildman–Crippen MR) is 84.8 cm³/mol. The molecule has 1 aromatic carbocycles. The topological polar surface area (TPSA) is 104 Å². The van der Waals surface area contributed by atoms with E-state index in [-0.39, 0.29) is 31.6 Å². The first-order valence-electron chi connectivity index (χ1n) is 7.23. The molecule has 0 saturated carbocycles. The molecule has 11 heteroatoms. The number of benzene rings is 1. The number of nitrogens with one attached hydrogen (secondary N) is 1. The van der Waals surface area contributed by atoms with Gasteiger partial charge < -0.3 is 10.4 Å². The molecule has 2 N–H and O–H groups in total. The number of anilines is 1. The van der Waals surface area contributed by atoms with Gasteiger partial charge in [0.05, 0.1) is 11.6 Å². The van der Waals surface area contributed by atoms with Gasteiger partial charge in [-0.05, 0) is 12.8 Å². The minimum Gasteiger partial charge on any atom is -0.481 e. The normalized spacial score (nSPS) is 16.6. The Bertz CT molecular complexity index is 823. The standard InChI is InChI=1S/C14H15ClF2N2O5S/c1-7(20)18-10-6-9(16)13(12(17)11(10)15)25(23,24)19-4-2-8(3-5-19)14(21)22/h6,8H,2-5H2,1H3,(H,18,20)(H,21,22). The molecule has 0 bridgehead atoms. The Morgan fingerprint density at radius 2 is 1.88 bits per heavy atom. The third kappa shape index (κ3) is 3.91. The van der Waals surface area contributed by atoms with E-state index in [4.69, 9.17) is 16.7 Å². The summed E-state index contributed by atoms with van der Waals surface area (Å²) in [5.74, 6) is -5.28. The lowest BCUT2D eigenvalue weighted by molar-refractivity contribution is -0.142. The van der Waals surface area contributed by atoms with Gasteiger partial charge in [0, 0.05) is 26.1 Å². The SMILES string of the molecule is CC(=O)Nc1cc(F)c(S(=O)(=O)N2CCC(C(=O)O)CC2)c(F)c1Cl. The zero-order chi connectivity index (χ0) is 18.9. The summed E-state index contributed by atoms with van der Waals surface area (Å²) in [6.45, 7) is 0.746. The molecule has 0 radical (unpaired) electrons. The highest BCUT2D eigenvalue weighted by Crippen LogP contribution is 2.35. The van der Waals surface area contributed by atoms with Crippen molar-refractivity contribution in [2.24, 2.45) is 5.92 Å². The Morgan fingerprint density at radius 3 is 2.36 bits per heavy atom. The Kier molecular flexibility index (Phi) is 5.65. The van der Waals surface area contributed by atoms with Crippen LogP contribution in [-0.4, -0.2) is 42.8 Å². The summed E-state index contributed by atoms with van der Waals surface area (Å²) in [6, 6.07) is 0.629. The zero-order valence-electron chi connectivity index (χ0n) is 13.1. The molecule has 1 aliphatic heterocycles. The van der Waals surface area contributed by atoms with Crippen molar-refractivity contribution in [1.82, 2.24) is 4.31 Å². The summed E-state index contributed by atoms with van der Waals surface area (Å²) >= 11 is 5.71. The minimum atomic E-state index is -4.55. The molecule has 1 saturated heterocycles. The van der Waals surface area contributed by atoms with Crippen molar-refractivity contribution >= 4 is 39.2 Å². The van der Waals surface area contributed by atoms with Gasteiger partial charge in [-0.1, -0.05) is 11.6 Å². The first kappa shape index (κ1) is 19.5. The lowest BCUT2D eigenvalue weighted by atomic mass is 9.99. The second-order valence-corrected chi connectivity index (χ2v) is 7.81. The van der Waals surface area contributed by atoms with Crippen molar-refractivity contribution in [3.05, 3.63) is 22.7 Å². The maximum atomic E-state index is 14.4. The fourth-order valence-electron chi connectivity index (χ4n) is 2.57. The van der Waals surface area contributed by atoms with Crippen LogP contribution in [-0.2, 0) is 19.6 Å². The molecule has 1 aliphatic rings. The Hall–Kier alpha value is -1.78. The van der Waals surface area contributed by atoms with Gasteiger partial charge in [-0.3, -0.25) is 9.59 Å². The van der Waals surface area contributed by atoms with E-state index in [1.165, 1.54) is 0 Å². The number of nitrogens with zero attached hydrogens (tertiary/aromatic N) is 1. The highest BCUT2D eigenvalue weighted by atomic mass is 35.5. The first-order chi connectivity index (χ1) is 11.6. The summed E-state index contributed by atoms with van der Waals surface area (Å²) in [5, 5.41) is 10.3. The zero-order valence-corrected chi connectivity index (χ0v) is 14.6. The smallest absolute Gasteiger partial charge is 0.306 e. The maximum absolute atomic E-state index is 14.4. The largest absolute Gasteiger partial charge is 0.481 e. The van der Waals surface area contributed by atoms with Crippen molar-refractivity contribution in [2.45, 2.75) is 24.7 Å². The molecule has 1 amide bonds. The van der Waals surface area contributed by atoms with Gasteiger partial charge in [-0.25, -0.2) is 17.2 Å². The molecular formula is C14H15ClF2N2O5S. The van der Waals surface area contributed by atoms with Crippen LogP contribution in [0.1, 0.15) is 19.8 Å². The molecule has 0 aromatic heterocycles. The highest BCUT2D eigenvalue weighted by Gasteiger charge is 2.36. The number of hydrogen-bond donors (Lipinski definition) is 2. The second kappa shape index (κ2) is 7.22. The van der Waals surface area contributed by atoms with Gasteiger partial charge in [0.1, 0.15) is 10.8 Å².